The number of ether oxygens (including phenoxy) is 2. The molecule has 0 aromatic rings. The minimum absolute atomic E-state index is 0.0548. The van der Waals surface area contributed by atoms with Crippen molar-refractivity contribution in [1.29, 1.82) is 0 Å². The van der Waals surface area contributed by atoms with E-state index >= 15 is 0 Å². The molecule has 2 saturated heterocycles. The third-order valence-corrected chi connectivity index (χ3v) is 5.98. The van der Waals surface area contributed by atoms with Gasteiger partial charge in [0.1, 0.15) is 0 Å². The molecular formula is C18H33NO2. The van der Waals surface area contributed by atoms with Gasteiger partial charge in [0.2, 0.25) is 0 Å². The lowest BCUT2D eigenvalue weighted by Crippen LogP contribution is -2.50. The van der Waals surface area contributed by atoms with Crippen LogP contribution in [0, 0.1) is 17.8 Å². The number of hydrogen-bond donors (Lipinski definition) is 1. The Balaban J connectivity index is 1.66. The SMILES string of the molecule is CCCNC(C1CCC(C)C1)C1CCOC2(CCOC2)C1. The molecule has 0 aromatic carbocycles. The van der Waals surface area contributed by atoms with Crippen molar-refractivity contribution >= 4 is 0 Å². The highest BCUT2D eigenvalue weighted by Gasteiger charge is 2.44. The monoisotopic (exact) mass is 295 g/mol. The predicted octanol–water partition coefficient (Wildman–Crippen LogP) is 3.38. The van der Waals surface area contributed by atoms with Crippen LogP contribution >= 0.6 is 0 Å². The molecule has 3 fully saturated rings. The molecule has 21 heavy (non-hydrogen) atoms. The van der Waals surface area contributed by atoms with Gasteiger partial charge >= 0.3 is 0 Å². The van der Waals surface area contributed by atoms with E-state index in [2.05, 4.69) is 19.2 Å². The molecule has 1 spiro atoms. The summed E-state index contributed by atoms with van der Waals surface area (Å²) in [5.41, 5.74) is 0.0548. The highest BCUT2D eigenvalue weighted by molar-refractivity contribution is 4.96. The quantitative estimate of drug-likeness (QED) is 0.843. The van der Waals surface area contributed by atoms with Crippen LogP contribution in [0.2, 0.25) is 0 Å². The average Bonchev–Trinajstić information content (AvgIpc) is 3.10. The normalized spacial score (nSPS) is 41.7. The Kier molecular flexibility index (Phi) is 5.23. The Bertz CT molecular complexity index is 327. The maximum absolute atomic E-state index is 6.14. The van der Waals surface area contributed by atoms with Crippen molar-refractivity contribution < 1.29 is 9.47 Å². The van der Waals surface area contributed by atoms with Crippen molar-refractivity contribution in [2.24, 2.45) is 17.8 Å². The first-order valence-corrected chi connectivity index (χ1v) is 9.17. The topological polar surface area (TPSA) is 30.5 Å². The summed E-state index contributed by atoms with van der Waals surface area (Å²) in [5.74, 6) is 2.58. The number of nitrogens with one attached hydrogen (secondary N) is 1. The summed E-state index contributed by atoms with van der Waals surface area (Å²) >= 11 is 0. The van der Waals surface area contributed by atoms with Gasteiger partial charge in [0.15, 0.2) is 0 Å². The molecular weight excluding hydrogens is 262 g/mol. The van der Waals surface area contributed by atoms with E-state index in [1.54, 1.807) is 0 Å². The van der Waals surface area contributed by atoms with Gasteiger partial charge in [-0.2, -0.15) is 0 Å². The molecule has 2 heterocycles. The van der Waals surface area contributed by atoms with E-state index in [9.17, 15) is 0 Å². The number of rotatable bonds is 5. The second-order valence-corrected chi connectivity index (χ2v) is 7.75. The molecule has 3 aliphatic rings. The molecule has 0 aromatic heterocycles. The highest BCUT2D eigenvalue weighted by atomic mass is 16.6. The van der Waals surface area contributed by atoms with Crippen molar-refractivity contribution in [3.63, 3.8) is 0 Å². The van der Waals surface area contributed by atoms with E-state index in [1.807, 2.05) is 0 Å². The summed E-state index contributed by atoms with van der Waals surface area (Å²) in [6.07, 6.45) is 9.03. The first kappa shape index (κ1) is 15.8. The third kappa shape index (κ3) is 3.62. The molecule has 0 radical (unpaired) electrons. The molecule has 5 unspecified atom stereocenters. The first-order valence-electron chi connectivity index (χ1n) is 9.17. The molecule has 3 nitrogen and oxygen atoms in total. The predicted molar refractivity (Wildman–Crippen MR) is 85.4 cm³/mol. The Labute approximate surface area is 130 Å². The molecule has 122 valence electrons. The van der Waals surface area contributed by atoms with E-state index in [1.165, 1.54) is 38.5 Å². The molecule has 0 bridgehead atoms. The summed E-state index contributed by atoms with van der Waals surface area (Å²) < 4.78 is 11.8. The van der Waals surface area contributed by atoms with Crippen LogP contribution < -0.4 is 5.32 Å². The molecule has 1 aliphatic carbocycles. The summed E-state index contributed by atoms with van der Waals surface area (Å²) in [6, 6.07) is 0.705. The van der Waals surface area contributed by atoms with Gasteiger partial charge in [0.05, 0.1) is 12.2 Å². The maximum atomic E-state index is 6.14. The molecule has 1 N–H and O–H groups in total. The molecule has 3 heteroatoms. The lowest BCUT2D eigenvalue weighted by Gasteiger charge is -2.42. The van der Waals surface area contributed by atoms with Crippen LogP contribution in [-0.4, -0.2) is 38.0 Å². The van der Waals surface area contributed by atoms with E-state index in [0.29, 0.717) is 6.04 Å². The fourth-order valence-corrected chi connectivity index (χ4v) is 4.84. The van der Waals surface area contributed by atoms with Crippen LogP contribution in [0.15, 0.2) is 0 Å². The van der Waals surface area contributed by atoms with Crippen molar-refractivity contribution in [3.05, 3.63) is 0 Å². The van der Waals surface area contributed by atoms with Crippen LogP contribution in [-0.2, 0) is 9.47 Å². The van der Waals surface area contributed by atoms with Crippen LogP contribution in [0.4, 0.5) is 0 Å². The maximum Gasteiger partial charge on any atom is 0.0939 e. The smallest absolute Gasteiger partial charge is 0.0939 e. The summed E-state index contributed by atoms with van der Waals surface area (Å²) in [4.78, 5) is 0. The Morgan fingerprint density at radius 3 is 2.76 bits per heavy atom. The summed E-state index contributed by atoms with van der Waals surface area (Å²) in [6.45, 7) is 8.51. The van der Waals surface area contributed by atoms with Gasteiger partial charge in [-0.3, -0.25) is 0 Å². The van der Waals surface area contributed by atoms with Crippen molar-refractivity contribution in [1.82, 2.24) is 5.32 Å². The van der Waals surface area contributed by atoms with Gasteiger partial charge in [-0.1, -0.05) is 20.3 Å². The molecule has 0 amide bonds. The van der Waals surface area contributed by atoms with Crippen LogP contribution in [0.5, 0.6) is 0 Å². The van der Waals surface area contributed by atoms with E-state index < -0.39 is 0 Å². The van der Waals surface area contributed by atoms with Gasteiger partial charge in [0.25, 0.3) is 0 Å². The van der Waals surface area contributed by atoms with Gasteiger partial charge in [-0.25, -0.2) is 0 Å². The largest absolute Gasteiger partial charge is 0.378 e. The zero-order valence-electron chi connectivity index (χ0n) is 13.9. The fourth-order valence-electron chi connectivity index (χ4n) is 4.84. The minimum Gasteiger partial charge on any atom is -0.378 e. The summed E-state index contributed by atoms with van der Waals surface area (Å²) in [7, 11) is 0. The van der Waals surface area contributed by atoms with Crippen LogP contribution in [0.1, 0.15) is 58.8 Å². The van der Waals surface area contributed by atoms with Crippen molar-refractivity contribution in [3.8, 4) is 0 Å². The Hall–Kier alpha value is -0.120. The second-order valence-electron chi connectivity index (χ2n) is 7.75. The van der Waals surface area contributed by atoms with Gasteiger partial charge in [0, 0.05) is 25.7 Å². The van der Waals surface area contributed by atoms with Gasteiger partial charge in [-0.05, 0) is 56.4 Å². The zero-order valence-corrected chi connectivity index (χ0v) is 13.9. The van der Waals surface area contributed by atoms with E-state index in [4.69, 9.17) is 9.47 Å². The Morgan fingerprint density at radius 1 is 1.19 bits per heavy atom. The molecule has 5 atom stereocenters. The Morgan fingerprint density at radius 2 is 2.10 bits per heavy atom. The standard InChI is InChI=1S/C18H33NO2/c1-3-8-19-17(15-5-4-14(2)11-15)16-6-9-21-18(12-16)7-10-20-13-18/h14-17,19H,3-13H2,1-2H3. The second kappa shape index (κ2) is 6.97. The lowest BCUT2D eigenvalue weighted by molar-refractivity contribution is -0.105. The summed E-state index contributed by atoms with van der Waals surface area (Å²) in [5, 5.41) is 3.91. The van der Waals surface area contributed by atoms with E-state index in [-0.39, 0.29) is 5.60 Å². The van der Waals surface area contributed by atoms with Gasteiger partial charge in [-0.15, -0.1) is 0 Å². The lowest BCUT2D eigenvalue weighted by atomic mass is 9.76. The van der Waals surface area contributed by atoms with Crippen molar-refractivity contribution in [2.75, 3.05) is 26.4 Å². The van der Waals surface area contributed by atoms with Crippen LogP contribution in [0.3, 0.4) is 0 Å². The molecule has 2 aliphatic heterocycles. The van der Waals surface area contributed by atoms with E-state index in [0.717, 1.165) is 50.5 Å². The first-order chi connectivity index (χ1) is 10.2. The van der Waals surface area contributed by atoms with Crippen LogP contribution in [0.25, 0.3) is 0 Å². The third-order valence-electron chi connectivity index (χ3n) is 5.98. The fraction of sp³-hybridized carbons (Fsp3) is 1.00. The highest BCUT2D eigenvalue weighted by Crippen LogP contribution is 2.42. The average molecular weight is 295 g/mol. The van der Waals surface area contributed by atoms with Gasteiger partial charge < -0.3 is 14.8 Å². The number of hydrogen-bond acceptors (Lipinski definition) is 3. The minimum atomic E-state index is 0.0548. The molecule has 3 rings (SSSR count). The van der Waals surface area contributed by atoms with Crippen molar-refractivity contribution in [2.45, 2.75) is 70.4 Å². The molecule has 1 saturated carbocycles. The zero-order chi connectivity index (χ0) is 14.7.